The summed E-state index contributed by atoms with van der Waals surface area (Å²) in [5.74, 6) is 0.351. The molecule has 1 unspecified atom stereocenters. The fourth-order valence-electron chi connectivity index (χ4n) is 2.26. The summed E-state index contributed by atoms with van der Waals surface area (Å²) in [4.78, 5) is 0. The first-order valence-electron chi connectivity index (χ1n) is 6.76. The van der Waals surface area contributed by atoms with Crippen LogP contribution >= 0.6 is 15.9 Å². The Morgan fingerprint density at radius 2 is 1.75 bits per heavy atom. The molecule has 0 saturated carbocycles. The van der Waals surface area contributed by atoms with Crippen molar-refractivity contribution < 1.29 is 4.39 Å². The van der Waals surface area contributed by atoms with Crippen molar-refractivity contribution in [2.75, 3.05) is 0 Å². The van der Waals surface area contributed by atoms with Crippen LogP contribution < -0.4 is 5.73 Å². The molecule has 1 atom stereocenters. The van der Waals surface area contributed by atoms with Crippen molar-refractivity contribution in [1.29, 1.82) is 0 Å². The second-order valence-corrected chi connectivity index (χ2v) is 6.40. The number of rotatable bonds is 4. The van der Waals surface area contributed by atoms with E-state index in [1.807, 2.05) is 12.1 Å². The van der Waals surface area contributed by atoms with Crippen LogP contribution in [0.15, 0.2) is 46.9 Å². The van der Waals surface area contributed by atoms with Crippen LogP contribution in [-0.4, -0.2) is 0 Å². The summed E-state index contributed by atoms with van der Waals surface area (Å²) >= 11 is 3.35. The molecule has 2 N–H and O–H groups in total. The Morgan fingerprint density at radius 1 is 1.10 bits per heavy atom. The lowest BCUT2D eigenvalue weighted by Gasteiger charge is -2.15. The van der Waals surface area contributed by atoms with Crippen molar-refractivity contribution in [3.63, 3.8) is 0 Å². The molecular weight excluding hydrogens is 317 g/mol. The van der Waals surface area contributed by atoms with Crippen LogP contribution in [0.4, 0.5) is 4.39 Å². The van der Waals surface area contributed by atoms with E-state index in [1.165, 1.54) is 11.6 Å². The molecule has 0 aliphatic carbocycles. The van der Waals surface area contributed by atoms with E-state index >= 15 is 0 Å². The lowest BCUT2D eigenvalue weighted by Crippen LogP contribution is -2.13. The van der Waals surface area contributed by atoms with Gasteiger partial charge in [-0.15, -0.1) is 0 Å². The number of hydrogen-bond acceptors (Lipinski definition) is 1. The molecule has 20 heavy (non-hydrogen) atoms. The molecule has 106 valence electrons. The SMILES string of the molecule is CC(C)Cc1ccc(C(N)c2cc(Br)ccc2F)cc1. The van der Waals surface area contributed by atoms with Gasteiger partial charge in [-0.3, -0.25) is 0 Å². The zero-order valence-electron chi connectivity index (χ0n) is 11.7. The molecule has 0 saturated heterocycles. The molecule has 0 amide bonds. The molecular formula is C17H19BrFN. The summed E-state index contributed by atoms with van der Waals surface area (Å²) < 4.78 is 14.7. The van der Waals surface area contributed by atoms with Gasteiger partial charge in [0.25, 0.3) is 0 Å². The monoisotopic (exact) mass is 335 g/mol. The first-order valence-corrected chi connectivity index (χ1v) is 7.56. The van der Waals surface area contributed by atoms with Crippen LogP contribution in [0.2, 0.25) is 0 Å². The minimum atomic E-state index is -0.444. The summed E-state index contributed by atoms with van der Waals surface area (Å²) in [5, 5.41) is 0. The summed E-state index contributed by atoms with van der Waals surface area (Å²) in [6, 6.07) is 12.5. The predicted molar refractivity (Wildman–Crippen MR) is 85.1 cm³/mol. The molecule has 0 fully saturated rings. The van der Waals surface area contributed by atoms with Crippen LogP contribution in [0.3, 0.4) is 0 Å². The second-order valence-electron chi connectivity index (χ2n) is 5.48. The molecule has 0 aromatic heterocycles. The van der Waals surface area contributed by atoms with Crippen molar-refractivity contribution in [1.82, 2.24) is 0 Å². The summed E-state index contributed by atoms with van der Waals surface area (Å²) in [7, 11) is 0. The van der Waals surface area contributed by atoms with E-state index in [9.17, 15) is 4.39 Å². The molecule has 0 heterocycles. The zero-order chi connectivity index (χ0) is 14.7. The maximum atomic E-state index is 13.9. The number of halogens is 2. The molecule has 0 aliphatic rings. The first-order chi connectivity index (χ1) is 9.47. The van der Waals surface area contributed by atoms with Gasteiger partial charge in [-0.25, -0.2) is 4.39 Å². The smallest absolute Gasteiger partial charge is 0.128 e. The zero-order valence-corrected chi connectivity index (χ0v) is 13.3. The van der Waals surface area contributed by atoms with Crippen molar-refractivity contribution >= 4 is 15.9 Å². The first kappa shape index (κ1) is 15.2. The van der Waals surface area contributed by atoms with Crippen molar-refractivity contribution in [3.05, 3.63) is 69.4 Å². The van der Waals surface area contributed by atoms with E-state index in [0.717, 1.165) is 16.5 Å². The average Bonchev–Trinajstić information content (AvgIpc) is 2.41. The van der Waals surface area contributed by atoms with E-state index < -0.39 is 6.04 Å². The van der Waals surface area contributed by atoms with Gasteiger partial charge >= 0.3 is 0 Å². The van der Waals surface area contributed by atoms with Crippen LogP contribution in [0.5, 0.6) is 0 Å². The van der Waals surface area contributed by atoms with Gasteiger partial charge in [0.1, 0.15) is 5.82 Å². The summed E-state index contributed by atoms with van der Waals surface area (Å²) in [6.07, 6.45) is 1.04. The van der Waals surface area contributed by atoms with Crippen LogP contribution in [0.25, 0.3) is 0 Å². The molecule has 0 radical (unpaired) electrons. The lowest BCUT2D eigenvalue weighted by molar-refractivity contribution is 0.599. The van der Waals surface area contributed by atoms with Crippen molar-refractivity contribution in [2.45, 2.75) is 26.3 Å². The van der Waals surface area contributed by atoms with E-state index in [0.29, 0.717) is 11.5 Å². The van der Waals surface area contributed by atoms with E-state index in [-0.39, 0.29) is 5.82 Å². The van der Waals surface area contributed by atoms with Gasteiger partial charge < -0.3 is 5.73 Å². The Bertz CT molecular complexity index is 578. The highest BCUT2D eigenvalue weighted by Gasteiger charge is 2.14. The fourth-order valence-corrected chi connectivity index (χ4v) is 2.64. The maximum Gasteiger partial charge on any atom is 0.128 e. The molecule has 2 aromatic rings. The van der Waals surface area contributed by atoms with Crippen LogP contribution in [0.1, 0.15) is 36.6 Å². The van der Waals surface area contributed by atoms with Crippen LogP contribution in [-0.2, 0) is 6.42 Å². The van der Waals surface area contributed by atoms with Gasteiger partial charge in [0.2, 0.25) is 0 Å². The normalized spacial score (nSPS) is 12.7. The van der Waals surface area contributed by atoms with E-state index in [1.54, 1.807) is 12.1 Å². The highest BCUT2D eigenvalue weighted by atomic mass is 79.9. The number of nitrogens with two attached hydrogens (primary N) is 1. The van der Waals surface area contributed by atoms with E-state index in [2.05, 4.69) is 41.9 Å². The summed E-state index contributed by atoms with van der Waals surface area (Å²) in [5.41, 5.74) is 8.90. The van der Waals surface area contributed by atoms with Gasteiger partial charge in [0.15, 0.2) is 0 Å². The largest absolute Gasteiger partial charge is 0.320 e. The molecule has 2 rings (SSSR count). The highest BCUT2D eigenvalue weighted by Crippen LogP contribution is 2.25. The molecule has 0 aliphatic heterocycles. The lowest BCUT2D eigenvalue weighted by atomic mass is 9.96. The predicted octanol–water partition coefficient (Wildman–Crippen LogP) is 4.83. The Morgan fingerprint density at radius 3 is 2.35 bits per heavy atom. The third-order valence-electron chi connectivity index (χ3n) is 3.28. The fraction of sp³-hybridized carbons (Fsp3) is 0.294. The van der Waals surface area contributed by atoms with Gasteiger partial charge in [-0.2, -0.15) is 0 Å². The second kappa shape index (κ2) is 6.51. The Hall–Kier alpha value is -1.19. The molecule has 2 aromatic carbocycles. The van der Waals surface area contributed by atoms with Gasteiger partial charge in [-0.1, -0.05) is 54.0 Å². The van der Waals surface area contributed by atoms with Crippen molar-refractivity contribution in [3.8, 4) is 0 Å². The maximum absolute atomic E-state index is 13.9. The highest BCUT2D eigenvalue weighted by molar-refractivity contribution is 9.10. The number of hydrogen-bond donors (Lipinski definition) is 1. The van der Waals surface area contributed by atoms with Gasteiger partial charge in [0, 0.05) is 10.0 Å². The summed E-state index contributed by atoms with van der Waals surface area (Å²) in [6.45, 7) is 4.38. The standard InChI is InChI=1S/C17H19BrFN/c1-11(2)9-12-3-5-13(6-4-12)17(20)15-10-14(18)7-8-16(15)19/h3-8,10-11,17H,9,20H2,1-2H3. The molecule has 0 spiro atoms. The van der Waals surface area contributed by atoms with Crippen molar-refractivity contribution in [2.24, 2.45) is 11.7 Å². The Balaban J connectivity index is 2.24. The molecule has 3 heteroatoms. The van der Waals surface area contributed by atoms with E-state index in [4.69, 9.17) is 5.73 Å². The number of benzene rings is 2. The topological polar surface area (TPSA) is 26.0 Å². The quantitative estimate of drug-likeness (QED) is 0.850. The molecule has 0 bridgehead atoms. The minimum Gasteiger partial charge on any atom is -0.320 e. The average molecular weight is 336 g/mol. The third kappa shape index (κ3) is 3.68. The Kier molecular flexibility index (Phi) is 4.95. The Labute approximate surface area is 128 Å². The third-order valence-corrected chi connectivity index (χ3v) is 3.77. The van der Waals surface area contributed by atoms with Gasteiger partial charge in [0.05, 0.1) is 6.04 Å². The van der Waals surface area contributed by atoms with Gasteiger partial charge in [-0.05, 0) is 41.7 Å². The van der Waals surface area contributed by atoms with Crippen LogP contribution in [0, 0.1) is 11.7 Å². The minimum absolute atomic E-state index is 0.271. The molecule has 1 nitrogen and oxygen atoms in total.